The van der Waals surface area contributed by atoms with Crippen molar-refractivity contribution in [1.29, 1.82) is 0 Å². The molecule has 3 aromatic rings. The van der Waals surface area contributed by atoms with Gasteiger partial charge in [0.1, 0.15) is 0 Å². The third-order valence-electron chi connectivity index (χ3n) is 5.26. The highest BCUT2D eigenvalue weighted by atomic mass is 19.4. The first-order valence-corrected chi connectivity index (χ1v) is 10.8. The normalized spacial score (nSPS) is 12.4. The van der Waals surface area contributed by atoms with Crippen LogP contribution in [0.5, 0.6) is 0 Å². The van der Waals surface area contributed by atoms with Gasteiger partial charge in [-0.05, 0) is 78.9 Å². The van der Waals surface area contributed by atoms with Crippen LogP contribution in [0.25, 0.3) is 11.1 Å². The van der Waals surface area contributed by atoms with E-state index >= 15 is 0 Å². The second kappa shape index (κ2) is 9.60. The molecular formula is C26H26F6N2. The maximum atomic E-state index is 13.9. The topological polar surface area (TPSA) is 24.1 Å². The van der Waals surface area contributed by atoms with E-state index in [9.17, 15) is 26.3 Å². The van der Waals surface area contributed by atoms with Crippen molar-refractivity contribution in [2.45, 2.75) is 52.0 Å². The maximum Gasteiger partial charge on any atom is 0.417 e. The number of alkyl halides is 6. The van der Waals surface area contributed by atoms with E-state index in [1.165, 1.54) is 12.1 Å². The third-order valence-corrected chi connectivity index (χ3v) is 5.26. The van der Waals surface area contributed by atoms with Gasteiger partial charge in [-0.2, -0.15) is 26.3 Å². The van der Waals surface area contributed by atoms with E-state index in [0.717, 1.165) is 30.0 Å². The first-order valence-electron chi connectivity index (χ1n) is 10.8. The Balaban J connectivity index is 2.04. The lowest BCUT2D eigenvalue weighted by Crippen LogP contribution is -2.12. The third kappa shape index (κ3) is 6.04. The largest absolute Gasteiger partial charge is 0.417 e. The van der Waals surface area contributed by atoms with E-state index in [-0.39, 0.29) is 17.6 Å². The Morgan fingerprint density at radius 1 is 0.588 bits per heavy atom. The Kier molecular flexibility index (Phi) is 7.19. The molecule has 0 aliphatic heterocycles. The molecule has 0 amide bonds. The fourth-order valence-electron chi connectivity index (χ4n) is 3.63. The van der Waals surface area contributed by atoms with Gasteiger partial charge >= 0.3 is 12.4 Å². The summed E-state index contributed by atoms with van der Waals surface area (Å²) in [7, 11) is 0. The number of hydrogen-bond acceptors (Lipinski definition) is 2. The number of rotatable bonds is 6. The number of nitrogens with one attached hydrogen (secondary N) is 2. The highest BCUT2D eigenvalue weighted by molar-refractivity contribution is 5.76. The highest BCUT2D eigenvalue weighted by Gasteiger charge is 2.38. The molecule has 182 valence electrons. The molecule has 2 N–H and O–H groups in total. The Morgan fingerprint density at radius 2 is 1.06 bits per heavy atom. The molecule has 3 aromatic carbocycles. The molecule has 0 spiro atoms. The van der Waals surface area contributed by atoms with E-state index in [0.29, 0.717) is 11.3 Å². The fraction of sp³-hybridized carbons (Fsp3) is 0.308. The van der Waals surface area contributed by atoms with Gasteiger partial charge in [0.2, 0.25) is 0 Å². The van der Waals surface area contributed by atoms with Crippen molar-refractivity contribution in [3.8, 4) is 11.1 Å². The van der Waals surface area contributed by atoms with Gasteiger partial charge in [-0.3, -0.25) is 0 Å². The molecule has 34 heavy (non-hydrogen) atoms. The molecule has 0 fully saturated rings. The Labute approximate surface area is 195 Å². The fourth-order valence-corrected chi connectivity index (χ4v) is 3.63. The van der Waals surface area contributed by atoms with Crippen LogP contribution >= 0.6 is 0 Å². The summed E-state index contributed by atoms with van der Waals surface area (Å²) in [4.78, 5) is 0. The van der Waals surface area contributed by atoms with Gasteiger partial charge in [-0.25, -0.2) is 0 Å². The molecule has 3 rings (SSSR count). The highest BCUT2D eigenvalue weighted by Crippen LogP contribution is 2.44. The first kappa shape index (κ1) is 25.5. The second-order valence-electron chi connectivity index (χ2n) is 8.72. The summed E-state index contributed by atoms with van der Waals surface area (Å²) in [6, 6.07) is 14.0. The standard InChI is InChI=1S/C26H26F6N2/c1-15(2)17-5-11-21(23(13-17)25(27,28)29)22-12-10-20(14-24(22)26(30,31)32)34-19-8-6-18(7-9-19)33-16(3)4/h5-16,33-34H,1-4H3. The SMILES string of the molecule is CC(C)Nc1ccc(Nc2ccc(-c3ccc(C(C)C)cc3C(F)(F)F)c(C(F)(F)F)c2)cc1. The van der Waals surface area contributed by atoms with Gasteiger partial charge in [0.25, 0.3) is 0 Å². The van der Waals surface area contributed by atoms with Crippen LogP contribution in [0.2, 0.25) is 0 Å². The molecule has 8 heteroatoms. The van der Waals surface area contributed by atoms with E-state index in [4.69, 9.17) is 0 Å². The summed E-state index contributed by atoms with van der Waals surface area (Å²) in [6.07, 6.45) is -9.65. The minimum atomic E-state index is -4.85. The van der Waals surface area contributed by atoms with Crippen molar-refractivity contribution in [3.05, 3.63) is 77.4 Å². The number of benzene rings is 3. The summed E-state index contributed by atoms with van der Waals surface area (Å²) in [5.74, 6) is -0.203. The molecule has 0 radical (unpaired) electrons. The van der Waals surface area contributed by atoms with E-state index in [2.05, 4.69) is 10.6 Å². The molecule has 0 heterocycles. The molecular weight excluding hydrogens is 454 g/mol. The quantitative estimate of drug-likeness (QED) is 0.344. The zero-order valence-electron chi connectivity index (χ0n) is 19.2. The number of hydrogen-bond donors (Lipinski definition) is 2. The van der Waals surface area contributed by atoms with Gasteiger partial charge in [0, 0.05) is 23.1 Å². The lowest BCUT2D eigenvalue weighted by Gasteiger charge is -2.20. The van der Waals surface area contributed by atoms with Crippen molar-refractivity contribution in [2.24, 2.45) is 0 Å². The average Bonchev–Trinajstić information content (AvgIpc) is 2.73. The predicted molar refractivity (Wildman–Crippen MR) is 124 cm³/mol. The lowest BCUT2D eigenvalue weighted by molar-refractivity contribution is -0.139. The van der Waals surface area contributed by atoms with Crippen molar-refractivity contribution >= 4 is 17.1 Å². The van der Waals surface area contributed by atoms with Crippen molar-refractivity contribution in [3.63, 3.8) is 0 Å². The van der Waals surface area contributed by atoms with Crippen molar-refractivity contribution < 1.29 is 26.3 Å². The van der Waals surface area contributed by atoms with Crippen LogP contribution in [0.15, 0.2) is 60.7 Å². The minimum Gasteiger partial charge on any atom is -0.383 e. The Morgan fingerprint density at radius 3 is 1.56 bits per heavy atom. The molecule has 0 aliphatic rings. The zero-order chi connectivity index (χ0) is 25.3. The summed E-state index contributed by atoms with van der Waals surface area (Å²) >= 11 is 0. The van der Waals surface area contributed by atoms with Crippen LogP contribution in [-0.2, 0) is 12.4 Å². The predicted octanol–water partition coefficient (Wildman–Crippen LogP) is 9.08. The summed E-state index contributed by atoms with van der Waals surface area (Å²) in [6.45, 7) is 7.41. The molecule has 0 bridgehead atoms. The van der Waals surface area contributed by atoms with E-state index in [1.54, 1.807) is 38.1 Å². The van der Waals surface area contributed by atoms with Gasteiger partial charge < -0.3 is 10.6 Å². The molecule has 0 saturated carbocycles. The van der Waals surface area contributed by atoms with Crippen molar-refractivity contribution in [2.75, 3.05) is 10.6 Å². The van der Waals surface area contributed by atoms with Crippen LogP contribution < -0.4 is 10.6 Å². The number of anilines is 3. The van der Waals surface area contributed by atoms with Crippen molar-refractivity contribution in [1.82, 2.24) is 0 Å². The van der Waals surface area contributed by atoms with E-state index < -0.39 is 34.6 Å². The zero-order valence-corrected chi connectivity index (χ0v) is 19.2. The monoisotopic (exact) mass is 480 g/mol. The average molecular weight is 480 g/mol. The molecule has 0 atom stereocenters. The van der Waals surface area contributed by atoms with Crippen LogP contribution in [0.1, 0.15) is 50.3 Å². The Bertz CT molecular complexity index is 1130. The lowest BCUT2D eigenvalue weighted by atomic mass is 9.90. The van der Waals surface area contributed by atoms with Crippen LogP contribution in [-0.4, -0.2) is 6.04 Å². The minimum absolute atomic E-state index is 0.119. The van der Waals surface area contributed by atoms with Gasteiger partial charge in [0.15, 0.2) is 0 Å². The summed E-state index contributed by atoms with van der Waals surface area (Å²) in [5.41, 5.74) is -1.32. The molecule has 2 nitrogen and oxygen atoms in total. The first-order chi connectivity index (χ1) is 15.8. The van der Waals surface area contributed by atoms with Gasteiger partial charge in [0.05, 0.1) is 11.1 Å². The van der Waals surface area contributed by atoms with Gasteiger partial charge in [-0.1, -0.05) is 32.0 Å². The maximum absolute atomic E-state index is 13.9. The Hall–Kier alpha value is -3.16. The summed E-state index contributed by atoms with van der Waals surface area (Å²) < 4.78 is 83.2. The van der Waals surface area contributed by atoms with Crippen LogP contribution in [0.4, 0.5) is 43.4 Å². The molecule has 0 unspecified atom stereocenters. The van der Waals surface area contributed by atoms with Gasteiger partial charge in [-0.15, -0.1) is 0 Å². The van der Waals surface area contributed by atoms with E-state index in [1.807, 2.05) is 13.8 Å². The summed E-state index contributed by atoms with van der Waals surface area (Å²) in [5, 5.41) is 6.10. The molecule has 0 saturated heterocycles. The van der Waals surface area contributed by atoms with Crippen LogP contribution in [0.3, 0.4) is 0 Å². The number of halogens is 6. The smallest absolute Gasteiger partial charge is 0.383 e. The molecule has 0 aliphatic carbocycles. The van der Waals surface area contributed by atoms with Crippen LogP contribution in [0, 0.1) is 0 Å². The second-order valence-corrected chi connectivity index (χ2v) is 8.72. The molecule has 0 aromatic heterocycles.